The molecule has 0 amide bonds. The molecule has 0 spiro atoms. The molecule has 3 aromatic rings. The van der Waals surface area contributed by atoms with Crippen molar-refractivity contribution in [3.63, 3.8) is 0 Å². The van der Waals surface area contributed by atoms with Gasteiger partial charge in [-0.1, -0.05) is 97.8 Å². The van der Waals surface area contributed by atoms with Gasteiger partial charge in [0.05, 0.1) is 12.3 Å². The number of nitrogens with two attached hydrogens (primary N) is 1. The summed E-state index contributed by atoms with van der Waals surface area (Å²) in [6, 6.07) is 27.0. The first-order valence-corrected chi connectivity index (χ1v) is 11.2. The summed E-state index contributed by atoms with van der Waals surface area (Å²) in [5.41, 5.74) is 14.2. The fourth-order valence-electron chi connectivity index (χ4n) is 3.45. The molecule has 33 heavy (non-hydrogen) atoms. The van der Waals surface area contributed by atoms with Crippen LogP contribution in [0.4, 0.5) is 0 Å². The zero-order valence-electron chi connectivity index (χ0n) is 19.3. The summed E-state index contributed by atoms with van der Waals surface area (Å²) in [4.78, 5) is 4.80. The van der Waals surface area contributed by atoms with Crippen LogP contribution >= 0.6 is 0 Å². The Morgan fingerprint density at radius 1 is 0.939 bits per heavy atom. The minimum atomic E-state index is 0.526. The van der Waals surface area contributed by atoms with Crippen LogP contribution in [0.15, 0.2) is 114 Å². The molecule has 0 unspecified atom stereocenters. The molecule has 0 aromatic heterocycles. The number of hydrogen-bond donors (Lipinski definition) is 1. The van der Waals surface area contributed by atoms with Gasteiger partial charge in [0, 0.05) is 11.3 Å². The molecule has 0 aliphatic rings. The summed E-state index contributed by atoms with van der Waals surface area (Å²) < 4.78 is 0. The molecule has 0 fully saturated rings. The molecule has 164 valence electrons. The van der Waals surface area contributed by atoms with Gasteiger partial charge < -0.3 is 5.73 Å². The number of hydrogen-bond acceptors (Lipinski definition) is 2. The quantitative estimate of drug-likeness (QED) is 0.233. The average Bonchev–Trinajstić information content (AvgIpc) is 2.88. The Balaban J connectivity index is 1.99. The standard InChI is InChI=1S/C31H30N2/c1-4-7-16-26(6-3)31(33-23-25-13-9-8-10-14-25)22-30(32)29-19-12-18-28(21-29)27-17-11-15-24(5-2)20-27/h3-4,7-22H,5,23,32H2,1-2H3/b7-4-,26-16+,30-22-,33-31?. The SMILES string of the molecule is C#C/C(=C\C=C/C)C(/C=C(\N)c1cccc(-c2cccc(CC)c2)c1)=NCc1ccccc1. The Morgan fingerprint density at radius 2 is 1.64 bits per heavy atom. The van der Waals surface area contributed by atoms with Crippen molar-refractivity contribution < 1.29 is 0 Å². The Hall–Kier alpha value is -4.09. The van der Waals surface area contributed by atoms with Crippen molar-refractivity contribution in [2.75, 3.05) is 0 Å². The van der Waals surface area contributed by atoms with Crippen molar-refractivity contribution in [3.05, 3.63) is 125 Å². The maximum atomic E-state index is 6.56. The van der Waals surface area contributed by atoms with Gasteiger partial charge in [0.1, 0.15) is 0 Å². The van der Waals surface area contributed by atoms with E-state index in [2.05, 4.69) is 49.2 Å². The fourth-order valence-corrected chi connectivity index (χ4v) is 3.45. The molecule has 3 rings (SSSR count). The van der Waals surface area contributed by atoms with E-state index in [-0.39, 0.29) is 0 Å². The lowest BCUT2D eigenvalue weighted by atomic mass is 9.98. The van der Waals surface area contributed by atoms with Gasteiger partial charge in [0.25, 0.3) is 0 Å². The van der Waals surface area contributed by atoms with Crippen LogP contribution in [-0.2, 0) is 13.0 Å². The Bertz CT molecular complexity index is 1240. The molecule has 0 aliphatic heterocycles. The number of nitrogens with zero attached hydrogens (tertiary/aromatic N) is 1. The topological polar surface area (TPSA) is 38.4 Å². The van der Waals surface area contributed by atoms with Crippen LogP contribution in [-0.4, -0.2) is 5.71 Å². The Labute approximate surface area is 197 Å². The van der Waals surface area contributed by atoms with E-state index in [0.717, 1.165) is 23.1 Å². The summed E-state index contributed by atoms with van der Waals surface area (Å²) in [5, 5.41) is 0. The molecule has 0 heterocycles. The number of allylic oxidation sites excluding steroid dienone is 5. The van der Waals surface area contributed by atoms with Gasteiger partial charge in [-0.25, -0.2) is 0 Å². The van der Waals surface area contributed by atoms with E-state index in [1.807, 2.05) is 73.7 Å². The van der Waals surface area contributed by atoms with E-state index in [0.29, 0.717) is 23.5 Å². The van der Waals surface area contributed by atoms with Crippen molar-refractivity contribution in [1.82, 2.24) is 0 Å². The van der Waals surface area contributed by atoms with Gasteiger partial charge >= 0.3 is 0 Å². The largest absolute Gasteiger partial charge is 0.398 e. The van der Waals surface area contributed by atoms with E-state index in [9.17, 15) is 0 Å². The lowest BCUT2D eigenvalue weighted by molar-refractivity contribution is 1.07. The van der Waals surface area contributed by atoms with Gasteiger partial charge in [-0.3, -0.25) is 4.99 Å². The molecule has 0 aliphatic carbocycles. The number of aliphatic imine (C=N–C) groups is 1. The molecule has 2 heteroatoms. The fraction of sp³-hybridized carbons (Fsp3) is 0.129. The lowest BCUT2D eigenvalue weighted by Crippen LogP contribution is -2.05. The molecule has 0 bridgehead atoms. The van der Waals surface area contributed by atoms with Gasteiger partial charge in [-0.15, -0.1) is 6.42 Å². The van der Waals surface area contributed by atoms with Crippen molar-refractivity contribution in [3.8, 4) is 23.5 Å². The first kappa shape index (κ1) is 23.6. The second-order valence-corrected chi connectivity index (χ2v) is 7.67. The smallest absolute Gasteiger partial charge is 0.0755 e. The van der Waals surface area contributed by atoms with Crippen molar-refractivity contribution in [1.29, 1.82) is 0 Å². The number of aryl methyl sites for hydroxylation is 1. The molecule has 0 radical (unpaired) electrons. The van der Waals surface area contributed by atoms with Crippen LogP contribution in [0.1, 0.15) is 30.5 Å². The number of rotatable bonds is 8. The highest BCUT2D eigenvalue weighted by molar-refractivity contribution is 6.14. The predicted molar refractivity (Wildman–Crippen MR) is 143 cm³/mol. The normalized spacial score (nSPS) is 12.7. The predicted octanol–water partition coefficient (Wildman–Crippen LogP) is 6.99. The highest BCUT2D eigenvalue weighted by Gasteiger charge is 2.07. The summed E-state index contributed by atoms with van der Waals surface area (Å²) in [7, 11) is 0. The molecule has 0 saturated heterocycles. The van der Waals surface area contributed by atoms with Crippen molar-refractivity contribution >= 4 is 11.4 Å². The van der Waals surface area contributed by atoms with Gasteiger partial charge in [-0.2, -0.15) is 0 Å². The summed E-state index contributed by atoms with van der Waals surface area (Å²) in [5.74, 6) is 2.76. The van der Waals surface area contributed by atoms with Crippen LogP contribution in [0.5, 0.6) is 0 Å². The van der Waals surface area contributed by atoms with Crippen molar-refractivity contribution in [2.45, 2.75) is 26.8 Å². The molecule has 0 atom stereocenters. The average molecular weight is 431 g/mol. The third-order valence-electron chi connectivity index (χ3n) is 5.32. The Kier molecular flexibility index (Phi) is 8.63. The van der Waals surface area contributed by atoms with Crippen LogP contribution in [0, 0.1) is 12.3 Å². The molecule has 2 N–H and O–H groups in total. The zero-order valence-corrected chi connectivity index (χ0v) is 19.3. The summed E-state index contributed by atoms with van der Waals surface area (Å²) in [6.45, 7) is 4.64. The van der Waals surface area contributed by atoms with Gasteiger partial charge in [-0.05, 0) is 59.4 Å². The van der Waals surface area contributed by atoms with E-state index >= 15 is 0 Å². The third-order valence-corrected chi connectivity index (χ3v) is 5.32. The highest BCUT2D eigenvalue weighted by atomic mass is 14.7. The van der Waals surface area contributed by atoms with E-state index in [4.69, 9.17) is 17.1 Å². The van der Waals surface area contributed by atoms with Crippen molar-refractivity contribution in [2.24, 2.45) is 10.7 Å². The maximum Gasteiger partial charge on any atom is 0.0755 e. The molecule has 2 nitrogen and oxygen atoms in total. The minimum absolute atomic E-state index is 0.526. The first-order valence-electron chi connectivity index (χ1n) is 11.2. The Morgan fingerprint density at radius 3 is 2.33 bits per heavy atom. The monoisotopic (exact) mass is 430 g/mol. The highest BCUT2D eigenvalue weighted by Crippen LogP contribution is 2.24. The van der Waals surface area contributed by atoms with Crippen LogP contribution < -0.4 is 5.73 Å². The van der Waals surface area contributed by atoms with Crippen LogP contribution in [0.2, 0.25) is 0 Å². The maximum absolute atomic E-state index is 6.56. The van der Waals surface area contributed by atoms with E-state index < -0.39 is 0 Å². The molecule has 0 saturated carbocycles. The van der Waals surface area contributed by atoms with E-state index in [1.165, 1.54) is 11.1 Å². The summed E-state index contributed by atoms with van der Waals surface area (Å²) in [6.07, 6.45) is 14.4. The van der Waals surface area contributed by atoms with Gasteiger partial charge in [0.15, 0.2) is 0 Å². The number of terminal acetylenes is 1. The molecular formula is C31H30N2. The van der Waals surface area contributed by atoms with Crippen LogP contribution in [0.3, 0.4) is 0 Å². The summed E-state index contributed by atoms with van der Waals surface area (Å²) >= 11 is 0. The number of benzene rings is 3. The third kappa shape index (κ3) is 6.69. The lowest BCUT2D eigenvalue weighted by Gasteiger charge is -2.09. The zero-order chi connectivity index (χ0) is 23.5. The van der Waals surface area contributed by atoms with Gasteiger partial charge in [0.2, 0.25) is 0 Å². The first-order chi connectivity index (χ1) is 16.1. The van der Waals surface area contributed by atoms with Crippen LogP contribution in [0.25, 0.3) is 16.8 Å². The second kappa shape index (κ2) is 12.1. The molecule has 3 aromatic carbocycles. The molecular weight excluding hydrogens is 400 g/mol. The minimum Gasteiger partial charge on any atom is -0.398 e. The second-order valence-electron chi connectivity index (χ2n) is 7.67. The van der Waals surface area contributed by atoms with E-state index in [1.54, 1.807) is 0 Å².